The van der Waals surface area contributed by atoms with Crippen molar-refractivity contribution in [2.75, 3.05) is 7.11 Å². The highest BCUT2D eigenvalue weighted by atomic mass is 79.9. The second-order valence-corrected chi connectivity index (χ2v) is 5.79. The van der Waals surface area contributed by atoms with Crippen LogP contribution in [0.15, 0.2) is 45.3 Å². The van der Waals surface area contributed by atoms with Gasteiger partial charge in [-0.05, 0) is 46.3 Å². The van der Waals surface area contributed by atoms with Gasteiger partial charge >= 0.3 is 0 Å². The number of para-hydroxylation sites is 1. The van der Waals surface area contributed by atoms with E-state index in [9.17, 15) is 4.79 Å². The molecule has 0 N–H and O–H groups in total. The van der Waals surface area contributed by atoms with Crippen molar-refractivity contribution in [1.82, 2.24) is 0 Å². The lowest BCUT2D eigenvalue weighted by atomic mass is 10.2. The molecule has 2 aromatic rings. The van der Waals surface area contributed by atoms with Gasteiger partial charge in [-0.1, -0.05) is 22.0 Å². The van der Waals surface area contributed by atoms with Crippen molar-refractivity contribution in [3.63, 3.8) is 0 Å². The largest absolute Gasteiger partial charge is 0.496 e. The molecule has 3 nitrogen and oxygen atoms in total. The first kappa shape index (κ1) is 15.1. The molecule has 0 radical (unpaired) electrons. The van der Waals surface area contributed by atoms with Gasteiger partial charge in [0.05, 0.1) is 17.1 Å². The third-order valence-electron chi connectivity index (χ3n) is 2.74. The van der Waals surface area contributed by atoms with Crippen LogP contribution in [0.3, 0.4) is 0 Å². The predicted molar refractivity (Wildman–Crippen MR) is 84.6 cm³/mol. The monoisotopic (exact) mass is 398 g/mol. The van der Waals surface area contributed by atoms with Gasteiger partial charge in [-0.15, -0.1) is 0 Å². The lowest BCUT2D eigenvalue weighted by molar-refractivity contribution is 0.111. The number of hydrogen-bond donors (Lipinski definition) is 0. The Morgan fingerprint density at radius 2 is 2.00 bits per heavy atom. The Morgan fingerprint density at radius 1 is 1.20 bits per heavy atom. The minimum atomic E-state index is 0.312. The second-order valence-electron chi connectivity index (χ2n) is 4.02. The molecule has 5 heteroatoms. The summed E-state index contributed by atoms with van der Waals surface area (Å²) in [5.74, 6) is 1.28. The molecule has 0 amide bonds. The molecule has 0 aliphatic carbocycles. The van der Waals surface area contributed by atoms with Crippen molar-refractivity contribution in [3.8, 4) is 11.5 Å². The van der Waals surface area contributed by atoms with Crippen molar-refractivity contribution in [3.05, 3.63) is 56.5 Å². The topological polar surface area (TPSA) is 35.5 Å². The van der Waals surface area contributed by atoms with Crippen molar-refractivity contribution < 1.29 is 14.3 Å². The van der Waals surface area contributed by atoms with Crippen LogP contribution in [0, 0.1) is 0 Å². The summed E-state index contributed by atoms with van der Waals surface area (Å²) in [4.78, 5) is 11.0. The van der Waals surface area contributed by atoms with Crippen LogP contribution in [-0.4, -0.2) is 13.4 Å². The van der Waals surface area contributed by atoms with Gasteiger partial charge in [0, 0.05) is 10.0 Å². The molecular formula is C15H12Br2O3. The van der Waals surface area contributed by atoms with E-state index in [0.29, 0.717) is 17.9 Å². The minimum absolute atomic E-state index is 0.312. The summed E-state index contributed by atoms with van der Waals surface area (Å²) in [6.07, 6.45) is 0.776. The van der Waals surface area contributed by atoms with Crippen LogP contribution < -0.4 is 9.47 Å². The standard InChI is InChI=1S/C15H12Br2O3/c1-19-14-6-5-12(16)7-11(14)9-20-15-10(8-18)3-2-4-13(15)17/h2-8H,9H2,1H3. The highest BCUT2D eigenvalue weighted by molar-refractivity contribution is 9.10. The SMILES string of the molecule is COc1ccc(Br)cc1COc1c(Br)cccc1C=O. The van der Waals surface area contributed by atoms with Gasteiger partial charge in [0.15, 0.2) is 6.29 Å². The summed E-state index contributed by atoms with van der Waals surface area (Å²) in [6.45, 7) is 0.312. The van der Waals surface area contributed by atoms with Crippen LogP contribution in [0.25, 0.3) is 0 Å². The molecule has 104 valence electrons. The van der Waals surface area contributed by atoms with Crippen LogP contribution in [-0.2, 0) is 6.61 Å². The van der Waals surface area contributed by atoms with Gasteiger partial charge in [0.1, 0.15) is 18.1 Å². The minimum Gasteiger partial charge on any atom is -0.496 e. The first-order valence-electron chi connectivity index (χ1n) is 5.84. The number of ether oxygens (including phenoxy) is 2. The number of benzene rings is 2. The van der Waals surface area contributed by atoms with Crippen LogP contribution in [0.1, 0.15) is 15.9 Å². The predicted octanol–water partition coefficient (Wildman–Crippen LogP) is 4.61. The van der Waals surface area contributed by atoms with Crippen molar-refractivity contribution in [1.29, 1.82) is 0 Å². The Kier molecular flexibility index (Phi) is 5.20. The molecular weight excluding hydrogens is 388 g/mol. The smallest absolute Gasteiger partial charge is 0.153 e. The number of halogens is 2. The van der Waals surface area contributed by atoms with Gasteiger partial charge in [-0.25, -0.2) is 0 Å². The first-order chi connectivity index (χ1) is 9.65. The average molecular weight is 400 g/mol. The van der Waals surface area contributed by atoms with Gasteiger partial charge in [0.25, 0.3) is 0 Å². The summed E-state index contributed by atoms with van der Waals surface area (Å²) in [5, 5.41) is 0. The normalized spacial score (nSPS) is 10.2. The molecule has 0 aliphatic heterocycles. The molecule has 20 heavy (non-hydrogen) atoms. The number of aldehydes is 1. The maximum absolute atomic E-state index is 11.0. The molecule has 0 bridgehead atoms. The summed E-state index contributed by atoms with van der Waals surface area (Å²) < 4.78 is 12.7. The molecule has 0 aliphatic rings. The third-order valence-corrected chi connectivity index (χ3v) is 3.86. The zero-order valence-electron chi connectivity index (χ0n) is 10.7. The number of methoxy groups -OCH3 is 1. The van der Waals surface area contributed by atoms with Crippen molar-refractivity contribution >= 4 is 38.1 Å². The van der Waals surface area contributed by atoms with E-state index < -0.39 is 0 Å². The lowest BCUT2D eigenvalue weighted by Gasteiger charge is -2.13. The third kappa shape index (κ3) is 3.41. The Hall–Kier alpha value is -1.33. The van der Waals surface area contributed by atoms with E-state index in [4.69, 9.17) is 9.47 Å². The lowest BCUT2D eigenvalue weighted by Crippen LogP contribution is -2.01. The summed E-state index contributed by atoms with van der Waals surface area (Å²) in [7, 11) is 1.61. The average Bonchev–Trinajstić information content (AvgIpc) is 2.46. The van der Waals surface area contributed by atoms with E-state index in [0.717, 1.165) is 26.5 Å². The fourth-order valence-corrected chi connectivity index (χ4v) is 2.68. The molecule has 2 aromatic carbocycles. The van der Waals surface area contributed by atoms with Gasteiger partial charge in [0.2, 0.25) is 0 Å². The van der Waals surface area contributed by atoms with Crippen LogP contribution >= 0.6 is 31.9 Å². The molecule has 0 aromatic heterocycles. The molecule has 0 atom stereocenters. The summed E-state index contributed by atoms with van der Waals surface area (Å²) in [6, 6.07) is 11.0. The fourth-order valence-electron chi connectivity index (χ4n) is 1.78. The Balaban J connectivity index is 2.25. The molecule has 0 spiro atoms. The number of carbonyl (C=O) groups excluding carboxylic acids is 1. The summed E-state index contributed by atoms with van der Waals surface area (Å²) >= 11 is 6.80. The van der Waals surface area contributed by atoms with E-state index >= 15 is 0 Å². The van der Waals surface area contributed by atoms with Gasteiger partial charge in [-0.3, -0.25) is 4.79 Å². The highest BCUT2D eigenvalue weighted by Crippen LogP contribution is 2.30. The second kappa shape index (κ2) is 6.90. The summed E-state index contributed by atoms with van der Waals surface area (Å²) in [5.41, 5.74) is 1.41. The van der Waals surface area contributed by atoms with Crippen molar-refractivity contribution in [2.24, 2.45) is 0 Å². The number of carbonyl (C=O) groups is 1. The number of hydrogen-bond acceptors (Lipinski definition) is 3. The van der Waals surface area contributed by atoms with E-state index in [1.165, 1.54) is 0 Å². The zero-order chi connectivity index (χ0) is 14.5. The molecule has 0 fully saturated rings. The first-order valence-corrected chi connectivity index (χ1v) is 7.43. The van der Waals surface area contributed by atoms with E-state index in [2.05, 4.69) is 31.9 Å². The molecule has 0 heterocycles. The van der Waals surface area contributed by atoms with Crippen molar-refractivity contribution in [2.45, 2.75) is 6.61 Å². The Bertz CT molecular complexity index is 627. The highest BCUT2D eigenvalue weighted by Gasteiger charge is 2.10. The van der Waals surface area contributed by atoms with Gasteiger partial charge in [-0.2, -0.15) is 0 Å². The Labute approximate surface area is 134 Å². The molecule has 0 saturated heterocycles. The molecule has 0 unspecified atom stereocenters. The zero-order valence-corrected chi connectivity index (χ0v) is 13.9. The van der Waals surface area contributed by atoms with Crippen LogP contribution in [0.2, 0.25) is 0 Å². The molecule has 0 saturated carbocycles. The maximum atomic E-state index is 11.0. The van der Waals surface area contributed by atoms with Crippen LogP contribution in [0.5, 0.6) is 11.5 Å². The maximum Gasteiger partial charge on any atom is 0.153 e. The number of rotatable bonds is 5. The van der Waals surface area contributed by atoms with E-state index in [1.807, 2.05) is 24.3 Å². The van der Waals surface area contributed by atoms with E-state index in [1.54, 1.807) is 19.2 Å². The fraction of sp³-hybridized carbons (Fsp3) is 0.133. The molecule has 2 rings (SSSR count). The van der Waals surface area contributed by atoms with Gasteiger partial charge < -0.3 is 9.47 Å². The van der Waals surface area contributed by atoms with Crippen LogP contribution in [0.4, 0.5) is 0 Å². The van der Waals surface area contributed by atoms with E-state index in [-0.39, 0.29) is 0 Å². The Morgan fingerprint density at radius 3 is 2.70 bits per heavy atom. The quantitative estimate of drug-likeness (QED) is 0.688.